The Labute approximate surface area is 110 Å². The number of hydrogen-bond acceptors (Lipinski definition) is 3. The molecule has 0 spiro atoms. The van der Waals surface area contributed by atoms with Gasteiger partial charge in [-0.3, -0.25) is 4.79 Å². The number of rotatable bonds is 3. The third-order valence-electron chi connectivity index (χ3n) is 2.63. The summed E-state index contributed by atoms with van der Waals surface area (Å²) in [6.45, 7) is 3.70. The maximum absolute atomic E-state index is 11.8. The zero-order valence-corrected chi connectivity index (χ0v) is 10.9. The van der Waals surface area contributed by atoms with Crippen LogP contribution in [0.25, 0.3) is 0 Å². The van der Waals surface area contributed by atoms with Gasteiger partial charge in [-0.05, 0) is 37.6 Å². The third-order valence-corrected chi connectivity index (χ3v) is 2.86. The standard InChI is InChI=1S/C13H13ClN2O2/c1-8-5-10(14)3-4-11(8)16-13(17)6-12-9(2)15-7-18-12/h3-5,7H,6H2,1-2H3,(H,16,17). The van der Waals surface area contributed by atoms with Gasteiger partial charge >= 0.3 is 0 Å². The molecule has 18 heavy (non-hydrogen) atoms. The van der Waals surface area contributed by atoms with Crippen LogP contribution in [0.2, 0.25) is 5.02 Å². The first-order valence-electron chi connectivity index (χ1n) is 5.51. The highest BCUT2D eigenvalue weighted by Gasteiger charge is 2.11. The first kappa shape index (κ1) is 12.6. The minimum atomic E-state index is -0.139. The van der Waals surface area contributed by atoms with Crippen molar-refractivity contribution in [3.05, 3.63) is 46.6 Å². The summed E-state index contributed by atoms with van der Waals surface area (Å²) in [6.07, 6.45) is 1.51. The fourth-order valence-electron chi connectivity index (χ4n) is 1.60. The topological polar surface area (TPSA) is 55.1 Å². The van der Waals surface area contributed by atoms with Gasteiger partial charge in [0.25, 0.3) is 0 Å². The normalized spacial score (nSPS) is 10.4. The molecule has 0 bridgehead atoms. The second-order valence-electron chi connectivity index (χ2n) is 4.05. The van der Waals surface area contributed by atoms with Gasteiger partial charge in [-0.15, -0.1) is 0 Å². The average Bonchev–Trinajstić information content (AvgIpc) is 2.69. The fourth-order valence-corrected chi connectivity index (χ4v) is 1.83. The zero-order chi connectivity index (χ0) is 13.1. The Morgan fingerprint density at radius 2 is 2.22 bits per heavy atom. The van der Waals surface area contributed by atoms with Gasteiger partial charge in [0.1, 0.15) is 5.76 Å². The number of oxazole rings is 1. The van der Waals surface area contributed by atoms with Crippen LogP contribution in [0.5, 0.6) is 0 Å². The van der Waals surface area contributed by atoms with E-state index >= 15 is 0 Å². The van der Waals surface area contributed by atoms with Crippen LogP contribution in [-0.4, -0.2) is 10.9 Å². The van der Waals surface area contributed by atoms with Crippen LogP contribution in [-0.2, 0) is 11.2 Å². The molecule has 0 saturated heterocycles. The van der Waals surface area contributed by atoms with Crippen molar-refractivity contribution in [3.63, 3.8) is 0 Å². The minimum Gasteiger partial charge on any atom is -0.448 e. The van der Waals surface area contributed by atoms with Gasteiger partial charge in [-0.25, -0.2) is 4.98 Å². The lowest BCUT2D eigenvalue weighted by atomic mass is 10.2. The van der Waals surface area contributed by atoms with Crippen LogP contribution in [0.3, 0.4) is 0 Å². The molecule has 0 aliphatic rings. The number of anilines is 1. The van der Waals surface area contributed by atoms with E-state index in [1.54, 1.807) is 25.1 Å². The Morgan fingerprint density at radius 3 is 2.83 bits per heavy atom. The number of benzene rings is 1. The van der Waals surface area contributed by atoms with Crippen molar-refractivity contribution in [1.82, 2.24) is 4.98 Å². The summed E-state index contributed by atoms with van der Waals surface area (Å²) in [7, 11) is 0. The van der Waals surface area contributed by atoms with Crippen LogP contribution in [0.15, 0.2) is 29.0 Å². The van der Waals surface area contributed by atoms with E-state index in [-0.39, 0.29) is 12.3 Å². The number of amides is 1. The highest BCUT2D eigenvalue weighted by Crippen LogP contribution is 2.19. The highest BCUT2D eigenvalue weighted by atomic mass is 35.5. The van der Waals surface area contributed by atoms with Crippen molar-refractivity contribution >= 4 is 23.2 Å². The monoisotopic (exact) mass is 264 g/mol. The van der Waals surface area contributed by atoms with E-state index in [1.165, 1.54) is 6.39 Å². The molecule has 0 radical (unpaired) electrons. The largest absolute Gasteiger partial charge is 0.448 e. The Balaban J connectivity index is 2.05. The van der Waals surface area contributed by atoms with Crippen molar-refractivity contribution < 1.29 is 9.21 Å². The summed E-state index contributed by atoms with van der Waals surface area (Å²) >= 11 is 5.85. The number of carbonyl (C=O) groups is 1. The van der Waals surface area contributed by atoms with Crippen LogP contribution in [0.4, 0.5) is 5.69 Å². The Hall–Kier alpha value is -1.81. The minimum absolute atomic E-state index is 0.139. The molecule has 0 fully saturated rings. The number of nitrogens with one attached hydrogen (secondary N) is 1. The van der Waals surface area contributed by atoms with E-state index < -0.39 is 0 Å². The van der Waals surface area contributed by atoms with Gasteiger partial charge in [0, 0.05) is 10.7 Å². The SMILES string of the molecule is Cc1cc(Cl)ccc1NC(=O)Cc1ocnc1C. The summed E-state index contributed by atoms with van der Waals surface area (Å²) < 4.78 is 5.13. The van der Waals surface area contributed by atoms with E-state index in [9.17, 15) is 4.79 Å². The lowest BCUT2D eigenvalue weighted by molar-refractivity contribution is -0.115. The number of hydrogen-bond donors (Lipinski definition) is 1. The molecular formula is C13H13ClN2O2. The highest BCUT2D eigenvalue weighted by molar-refractivity contribution is 6.30. The maximum atomic E-state index is 11.8. The summed E-state index contributed by atoms with van der Waals surface area (Å²) in [4.78, 5) is 15.8. The second kappa shape index (κ2) is 5.23. The van der Waals surface area contributed by atoms with E-state index in [0.717, 1.165) is 16.9 Å². The molecule has 0 atom stereocenters. The second-order valence-corrected chi connectivity index (χ2v) is 4.48. The molecule has 1 N–H and O–H groups in total. The fraction of sp³-hybridized carbons (Fsp3) is 0.231. The molecule has 1 aromatic carbocycles. The predicted octanol–water partition coefficient (Wildman–Crippen LogP) is 3.13. The number of carbonyl (C=O) groups excluding carboxylic acids is 1. The molecule has 1 amide bonds. The predicted molar refractivity (Wildman–Crippen MR) is 69.8 cm³/mol. The van der Waals surface area contributed by atoms with Crippen LogP contribution in [0, 0.1) is 13.8 Å². The molecule has 0 aliphatic heterocycles. The molecule has 2 rings (SSSR count). The molecule has 0 saturated carbocycles. The summed E-state index contributed by atoms with van der Waals surface area (Å²) in [5, 5.41) is 3.47. The van der Waals surface area contributed by atoms with Crippen molar-refractivity contribution in [2.24, 2.45) is 0 Å². The number of aryl methyl sites for hydroxylation is 2. The maximum Gasteiger partial charge on any atom is 0.232 e. The van der Waals surface area contributed by atoms with E-state index in [4.69, 9.17) is 16.0 Å². The van der Waals surface area contributed by atoms with Crippen molar-refractivity contribution in [2.75, 3.05) is 5.32 Å². The smallest absolute Gasteiger partial charge is 0.232 e. The summed E-state index contributed by atoms with van der Waals surface area (Å²) in [5.74, 6) is 0.444. The van der Waals surface area contributed by atoms with E-state index in [2.05, 4.69) is 10.3 Å². The van der Waals surface area contributed by atoms with Gasteiger partial charge in [0.15, 0.2) is 6.39 Å². The van der Waals surface area contributed by atoms with Gasteiger partial charge in [0.05, 0.1) is 12.1 Å². The van der Waals surface area contributed by atoms with Crippen LogP contribution < -0.4 is 5.32 Å². The molecule has 1 aromatic heterocycles. The summed E-state index contributed by atoms with van der Waals surface area (Å²) in [5.41, 5.74) is 2.41. The first-order valence-corrected chi connectivity index (χ1v) is 5.89. The lowest BCUT2D eigenvalue weighted by Crippen LogP contribution is -2.15. The van der Waals surface area contributed by atoms with E-state index in [1.807, 2.05) is 6.92 Å². The molecule has 94 valence electrons. The van der Waals surface area contributed by atoms with Crippen LogP contribution in [0.1, 0.15) is 17.0 Å². The van der Waals surface area contributed by atoms with Crippen LogP contribution >= 0.6 is 11.6 Å². The molecule has 4 nitrogen and oxygen atoms in total. The summed E-state index contributed by atoms with van der Waals surface area (Å²) in [6, 6.07) is 5.32. The number of halogens is 1. The van der Waals surface area contributed by atoms with Crippen molar-refractivity contribution in [3.8, 4) is 0 Å². The Kier molecular flexibility index (Phi) is 3.67. The van der Waals surface area contributed by atoms with Crippen molar-refractivity contribution in [1.29, 1.82) is 0 Å². The Morgan fingerprint density at radius 1 is 1.44 bits per heavy atom. The molecule has 0 aliphatic carbocycles. The third kappa shape index (κ3) is 2.90. The molecule has 0 unspecified atom stereocenters. The molecule has 5 heteroatoms. The number of aromatic nitrogens is 1. The Bertz CT molecular complexity index is 578. The quantitative estimate of drug-likeness (QED) is 0.927. The average molecular weight is 265 g/mol. The molecule has 1 heterocycles. The van der Waals surface area contributed by atoms with Gasteiger partial charge in [-0.1, -0.05) is 11.6 Å². The van der Waals surface area contributed by atoms with Gasteiger partial charge in [-0.2, -0.15) is 0 Å². The molecular weight excluding hydrogens is 252 g/mol. The lowest BCUT2D eigenvalue weighted by Gasteiger charge is -2.07. The zero-order valence-electron chi connectivity index (χ0n) is 10.2. The number of nitrogens with zero attached hydrogens (tertiary/aromatic N) is 1. The van der Waals surface area contributed by atoms with Gasteiger partial charge < -0.3 is 9.73 Å². The first-order chi connectivity index (χ1) is 8.56. The molecule has 2 aromatic rings. The van der Waals surface area contributed by atoms with Crippen molar-refractivity contribution in [2.45, 2.75) is 20.3 Å². The van der Waals surface area contributed by atoms with E-state index in [0.29, 0.717) is 10.8 Å². The van der Waals surface area contributed by atoms with Gasteiger partial charge in [0.2, 0.25) is 5.91 Å².